The Morgan fingerprint density at radius 2 is 1.72 bits per heavy atom. The van der Waals surface area contributed by atoms with Crippen LogP contribution in [0.1, 0.15) is 33.9 Å². The molecule has 1 aliphatic carbocycles. The summed E-state index contributed by atoms with van der Waals surface area (Å²) in [4.78, 5) is 14.9. The number of carbonyl (C=O) groups excluding carboxylic acids is 1. The van der Waals surface area contributed by atoms with Crippen molar-refractivity contribution in [3.8, 4) is 5.75 Å². The molecule has 0 bridgehead atoms. The third-order valence-corrected chi connectivity index (χ3v) is 6.53. The Morgan fingerprint density at radius 3 is 2.62 bits per heavy atom. The minimum atomic E-state index is -0.283. The highest BCUT2D eigenvalue weighted by atomic mass is 32.2. The maximum atomic E-state index is 12.8. The summed E-state index contributed by atoms with van der Waals surface area (Å²) in [7, 11) is 0. The molecule has 1 heterocycles. The van der Waals surface area contributed by atoms with Crippen LogP contribution in [0.2, 0.25) is 0 Å². The SMILES string of the molecule is O=C(Nc1ccccc1Sc1ccccc1)c1ccc(COc2ccc3c(c2)CCC3)o1. The molecule has 1 N–H and O–H groups in total. The highest BCUT2D eigenvalue weighted by molar-refractivity contribution is 7.99. The Morgan fingerprint density at radius 1 is 0.906 bits per heavy atom. The maximum Gasteiger partial charge on any atom is 0.291 e. The van der Waals surface area contributed by atoms with E-state index in [1.807, 2.05) is 60.7 Å². The van der Waals surface area contributed by atoms with Crippen molar-refractivity contribution in [2.75, 3.05) is 5.32 Å². The van der Waals surface area contributed by atoms with Crippen molar-refractivity contribution in [3.63, 3.8) is 0 Å². The summed E-state index contributed by atoms with van der Waals surface area (Å²) in [5.41, 5.74) is 3.53. The third kappa shape index (κ3) is 4.73. The molecule has 4 nitrogen and oxygen atoms in total. The summed E-state index contributed by atoms with van der Waals surface area (Å²) in [5, 5.41) is 2.97. The van der Waals surface area contributed by atoms with E-state index in [2.05, 4.69) is 17.4 Å². The van der Waals surface area contributed by atoms with Crippen LogP contribution < -0.4 is 10.1 Å². The molecule has 0 atom stereocenters. The zero-order valence-corrected chi connectivity index (χ0v) is 18.4. The average Bonchev–Trinajstić information content (AvgIpc) is 3.49. The lowest BCUT2D eigenvalue weighted by atomic mass is 10.1. The summed E-state index contributed by atoms with van der Waals surface area (Å²) >= 11 is 1.61. The number of fused-ring (bicyclic) bond motifs is 1. The minimum Gasteiger partial charge on any atom is -0.486 e. The smallest absolute Gasteiger partial charge is 0.291 e. The second-order valence-corrected chi connectivity index (χ2v) is 8.82. The number of anilines is 1. The first-order valence-electron chi connectivity index (χ1n) is 10.7. The van der Waals surface area contributed by atoms with Gasteiger partial charge < -0.3 is 14.5 Å². The van der Waals surface area contributed by atoms with Gasteiger partial charge in [-0.15, -0.1) is 0 Å². The number of hydrogen-bond donors (Lipinski definition) is 1. The molecule has 0 spiro atoms. The number of aryl methyl sites for hydroxylation is 2. The molecule has 1 amide bonds. The van der Waals surface area contributed by atoms with Gasteiger partial charge in [-0.25, -0.2) is 0 Å². The normalized spacial score (nSPS) is 12.4. The first kappa shape index (κ1) is 20.5. The van der Waals surface area contributed by atoms with Gasteiger partial charge in [0.1, 0.15) is 18.1 Å². The molecule has 0 aliphatic heterocycles. The van der Waals surface area contributed by atoms with Gasteiger partial charge in [0, 0.05) is 9.79 Å². The lowest BCUT2D eigenvalue weighted by Crippen LogP contribution is -2.11. The van der Waals surface area contributed by atoms with Gasteiger partial charge >= 0.3 is 0 Å². The van der Waals surface area contributed by atoms with Crippen LogP contribution in [0.4, 0.5) is 5.69 Å². The lowest BCUT2D eigenvalue weighted by Gasteiger charge is -2.10. The van der Waals surface area contributed by atoms with Crippen LogP contribution in [0.25, 0.3) is 0 Å². The average molecular weight is 442 g/mol. The van der Waals surface area contributed by atoms with Gasteiger partial charge in [0.15, 0.2) is 5.76 Å². The van der Waals surface area contributed by atoms with E-state index >= 15 is 0 Å². The molecule has 4 aromatic rings. The number of ether oxygens (including phenoxy) is 1. The number of benzene rings is 3. The number of rotatable bonds is 7. The van der Waals surface area contributed by atoms with E-state index in [0.717, 1.165) is 34.1 Å². The fourth-order valence-electron chi connectivity index (χ4n) is 3.83. The predicted octanol–water partition coefficient (Wildman–Crippen LogP) is 6.75. The van der Waals surface area contributed by atoms with Gasteiger partial charge in [-0.3, -0.25) is 4.79 Å². The third-order valence-electron chi connectivity index (χ3n) is 5.44. The number of amides is 1. The Kier molecular flexibility index (Phi) is 5.99. The Bertz CT molecular complexity index is 1230. The molecule has 160 valence electrons. The molecule has 0 saturated heterocycles. The zero-order valence-electron chi connectivity index (χ0n) is 17.5. The molecule has 0 unspecified atom stereocenters. The first-order valence-corrected chi connectivity index (χ1v) is 11.5. The topological polar surface area (TPSA) is 51.5 Å². The molecule has 32 heavy (non-hydrogen) atoms. The molecular weight excluding hydrogens is 418 g/mol. The molecule has 5 rings (SSSR count). The van der Waals surface area contributed by atoms with Crippen molar-refractivity contribution in [1.29, 1.82) is 0 Å². The van der Waals surface area contributed by atoms with E-state index in [9.17, 15) is 4.79 Å². The number of carbonyl (C=O) groups is 1. The quantitative estimate of drug-likeness (QED) is 0.345. The second kappa shape index (κ2) is 9.37. The van der Waals surface area contributed by atoms with Crippen LogP contribution in [0.3, 0.4) is 0 Å². The fourth-order valence-corrected chi connectivity index (χ4v) is 4.75. The van der Waals surface area contributed by atoms with Crippen LogP contribution in [0.5, 0.6) is 5.75 Å². The molecule has 1 aromatic heterocycles. The zero-order chi connectivity index (χ0) is 21.8. The molecular formula is C27H23NO3S. The van der Waals surface area contributed by atoms with Crippen LogP contribution in [0, 0.1) is 0 Å². The van der Waals surface area contributed by atoms with Gasteiger partial charge in [0.2, 0.25) is 0 Å². The number of hydrogen-bond acceptors (Lipinski definition) is 4. The van der Waals surface area contributed by atoms with E-state index < -0.39 is 0 Å². The summed E-state index contributed by atoms with van der Waals surface area (Å²) in [6.07, 6.45) is 3.48. The number of nitrogens with one attached hydrogen (secondary N) is 1. The molecule has 0 radical (unpaired) electrons. The standard InChI is InChI=1S/C27H23NO3S/c29-27(28-24-11-4-5-12-26(24)32-23-9-2-1-3-10-23)25-16-15-22(31-25)18-30-21-14-13-19-7-6-8-20(19)17-21/h1-5,9-17H,6-8,18H2,(H,28,29). The van der Waals surface area contributed by atoms with E-state index in [1.54, 1.807) is 23.9 Å². The molecule has 5 heteroatoms. The maximum absolute atomic E-state index is 12.8. The molecule has 1 aliphatic rings. The second-order valence-electron chi connectivity index (χ2n) is 7.70. The number of para-hydroxylation sites is 1. The van der Waals surface area contributed by atoms with Crippen LogP contribution in [0.15, 0.2) is 99.1 Å². The van der Waals surface area contributed by atoms with Crippen LogP contribution in [-0.4, -0.2) is 5.91 Å². The van der Waals surface area contributed by atoms with Crippen molar-refractivity contribution < 1.29 is 13.9 Å². The van der Waals surface area contributed by atoms with Gasteiger partial charge in [-0.05, 0) is 78.9 Å². The van der Waals surface area contributed by atoms with Gasteiger partial charge in [-0.1, -0.05) is 48.2 Å². The Labute approximate surface area is 191 Å². The highest BCUT2D eigenvalue weighted by Gasteiger charge is 2.15. The Hall–Kier alpha value is -3.44. The fraction of sp³-hybridized carbons (Fsp3) is 0.148. The summed E-state index contributed by atoms with van der Waals surface area (Å²) in [6, 6.07) is 27.5. The summed E-state index contributed by atoms with van der Waals surface area (Å²) < 4.78 is 11.6. The monoisotopic (exact) mass is 441 g/mol. The number of furan rings is 1. The van der Waals surface area contributed by atoms with Gasteiger partial charge in [0.05, 0.1) is 5.69 Å². The van der Waals surface area contributed by atoms with Gasteiger partial charge in [-0.2, -0.15) is 0 Å². The minimum absolute atomic E-state index is 0.261. The van der Waals surface area contributed by atoms with Crippen LogP contribution in [-0.2, 0) is 19.4 Å². The largest absolute Gasteiger partial charge is 0.486 e. The molecule has 0 fully saturated rings. The van der Waals surface area contributed by atoms with E-state index in [0.29, 0.717) is 5.76 Å². The summed E-state index contributed by atoms with van der Waals surface area (Å²) in [6.45, 7) is 0.284. The van der Waals surface area contributed by atoms with E-state index in [1.165, 1.54) is 17.5 Å². The van der Waals surface area contributed by atoms with Crippen molar-refractivity contribution >= 4 is 23.4 Å². The lowest BCUT2D eigenvalue weighted by molar-refractivity contribution is 0.0992. The summed E-state index contributed by atoms with van der Waals surface area (Å²) in [5.74, 6) is 1.43. The molecule has 3 aromatic carbocycles. The van der Waals surface area contributed by atoms with Crippen molar-refractivity contribution in [2.24, 2.45) is 0 Å². The van der Waals surface area contributed by atoms with Crippen LogP contribution >= 0.6 is 11.8 Å². The van der Waals surface area contributed by atoms with E-state index in [-0.39, 0.29) is 18.3 Å². The Balaban J connectivity index is 1.23. The van der Waals surface area contributed by atoms with E-state index in [4.69, 9.17) is 9.15 Å². The van der Waals surface area contributed by atoms with Crippen molar-refractivity contribution in [3.05, 3.63) is 108 Å². The highest BCUT2D eigenvalue weighted by Crippen LogP contribution is 2.33. The predicted molar refractivity (Wildman–Crippen MR) is 126 cm³/mol. The first-order chi connectivity index (χ1) is 15.7. The van der Waals surface area contributed by atoms with Crippen molar-refractivity contribution in [1.82, 2.24) is 0 Å². The van der Waals surface area contributed by atoms with Gasteiger partial charge in [0.25, 0.3) is 5.91 Å². The molecule has 0 saturated carbocycles. The van der Waals surface area contributed by atoms with Crippen molar-refractivity contribution in [2.45, 2.75) is 35.7 Å².